The third-order valence-corrected chi connectivity index (χ3v) is 4.64. The molecule has 1 aliphatic carbocycles. The molecule has 0 atom stereocenters. The Morgan fingerprint density at radius 1 is 1.14 bits per heavy atom. The van der Waals surface area contributed by atoms with Gasteiger partial charge in [0, 0.05) is 12.4 Å². The summed E-state index contributed by atoms with van der Waals surface area (Å²) in [5.41, 5.74) is 3.48. The van der Waals surface area contributed by atoms with Crippen LogP contribution in [0.15, 0.2) is 36.7 Å². The lowest BCUT2D eigenvalue weighted by molar-refractivity contribution is -0.174. The van der Waals surface area contributed by atoms with Gasteiger partial charge in [-0.1, -0.05) is 12.1 Å². The van der Waals surface area contributed by atoms with E-state index in [1.165, 1.54) is 5.43 Å². The Morgan fingerprint density at radius 2 is 1.83 bits per heavy atom. The van der Waals surface area contributed by atoms with Gasteiger partial charge in [0.1, 0.15) is 5.75 Å². The molecule has 0 aliphatic heterocycles. The number of amides is 2. The summed E-state index contributed by atoms with van der Waals surface area (Å²) in [4.78, 5) is 30.7. The van der Waals surface area contributed by atoms with E-state index >= 15 is 0 Å². The number of halogens is 3. The summed E-state index contributed by atoms with van der Waals surface area (Å²) in [7, 11) is 1.59. The zero-order chi connectivity index (χ0) is 21.1. The highest BCUT2D eigenvalue weighted by Gasteiger charge is 2.40. The van der Waals surface area contributed by atoms with E-state index in [9.17, 15) is 22.8 Å². The lowest BCUT2D eigenvalue weighted by Crippen LogP contribution is -2.47. The standard InChI is InChI=1S/C18H18F3N5O3/c1-29-13-5-2-4-12(8-13)17(6-3-7-17)24-16-22-9-11(10-23-16)14(27)25-26-15(28)18(19,20)21/h2,4-5,8-10H,3,6-7H2,1H3,(H,25,27)(H,26,28)(H,22,23,24). The highest BCUT2D eigenvalue weighted by atomic mass is 19.4. The molecule has 11 heteroatoms. The maximum absolute atomic E-state index is 12.1. The Hall–Kier alpha value is -3.37. The first-order valence-electron chi connectivity index (χ1n) is 8.66. The summed E-state index contributed by atoms with van der Waals surface area (Å²) < 4.78 is 41.7. The maximum Gasteiger partial charge on any atom is 0.472 e. The summed E-state index contributed by atoms with van der Waals surface area (Å²) >= 11 is 0. The summed E-state index contributed by atoms with van der Waals surface area (Å²) in [6.07, 6.45) is -0.0619. The number of benzene rings is 1. The number of hydrogen-bond donors (Lipinski definition) is 3. The van der Waals surface area contributed by atoms with Crippen LogP contribution in [0, 0.1) is 0 Å². The molecule has 2 amide bonds. The average Bonchev–Trinajstić information content (AvgIpc) is 2.68. The van der Waals surface area contributed by atoms with Crippen LogP contribution in [0.25, 0.3) is 0 Å². The number of anilines is 1. The van der Waals surface area contributed by atoms with Crippen LogP contribution in [0.2, 0.25) is 0 Å². The van der Waals surface area contributed by atoms with E-state index in [-0.39, 0.29) is 17.1 Å². The summed E-state index contributed by atoms with van der Waals surface area (Å²) in [5.74, 6) is -2.26. The number of nitrogens with one attached hydrogen (secondary N) is 3. The molecule has 1 heterocycles. The SMILES string of the molecule is COc1cccc(C2(Nc3ncc(C(=O)NNC(=O)C(F)(F)F)cn3)CCC2)c1. The number of rotatable bonds is 5. The molecule has 1 aliphatic rings. The second kappa shape index (κ2) is 7.94. The van der Waals surface area contributed by atoms with Crippen molar-refractivity contribution in [2.45, 2.75) is 31.0 Å². The van der Waals surface area contributed by atoms with Crippen molar-refractivity contribution in [3.05, 3.63) is 47.8 Å². The molecule has 1 aromatic carbocycles. The predicted molar refractivity (Wildman–Crippen MR) is 95.8 cm³/mol. The van der Waals surface area contributed by atoms with Gasteiger partial charge in [-0.15, -0.1) is 0 Å². The molecule has 0 saturated heterocycles. The Balaban J connectivity index is 1.66. The average molecular weight is 409 g/mol. The van der Waals surface area contributed by atoms with Crippen LogP contribution >= 0.6 is 0 Å². The highest BCUT2D eigenvalue weighted by Crippen LogP contribution is 2.44. The van der Waals surface area contributed by atoms with Crippen molar-refractivity contribution in [2.75, 3.05) is 12.4 Å². The third-order valence-electron chi connectivity index (χ3n) is 4.64. The van der Waals surface area contributed by atoms with E-state index in [1.54, 1.807) is 12.5 Å². The quantitative estimate of drug-likeness (QED) is 0.655. The van der Waals surface area contributed by atoms with Crippen LogP contribution in [0.5, 0.6) is 5.75 Å². The molecule has 1 saturated carbocycles. The molecule has 29 heavy (non-hydrogen) atoms. The van der Waals surface area contributed by atoms with Gasteiger partial charge in [-0.25, -0.2) is 9.97 Å². The predicted octanol–water partition coefficient (Wildman–Crippen LogP) is 2.30. The van der Waals surface area contributed by atoms with Gasteiger partial charge in [-0.3, -0.25) is 20.4 Å². The smallest absolute Gasteiger partial charge is 0.472 e. The minimum atomic E-state index is -5.10. The molecular formula is C18H18F3N5O3. The van der Waals surface area contributed by atoms with Gasteiger partial charge in [-0.05, 0) is 37.0 Å². The number of aromatic nitrogens is 2. The Morgan fingerprint density at radius 3 is 2.38 bits per heavy atom. The van der Waals surface area contributed by atoms with Crippen molar-refractivity contribution in [2.24, 2.45) is 0 Å². The molecule has 0 spiro atoms. The second-order valence-electron chi connectivity index (χ2n) is 6.49. The van der Waals surface area contributed by atoms with E-state index in [4.69, 9.17) is 4.74 Å². The largest absolute Gasteiger partial charge is 0.497 e. The van der Waals surface area contributed by atoms with Gasteiger partial charge in [0.25, 0.3) is 5.91 Å². The van der Waals surface area contributed by atoms with Gasteiger partial charge in [-0.2, -0.15) is 13.2 Å². The van der Waals surface area contributed by atoms with Gasteiger partial charge in [0.2, 0.25) is 5.95 Å². The zero-order valence-corrected chi connectivity index (χ0v) is 15.3. The molecule has 0 radical (unpaired) electrons. The van der Waals surface area contributed by atoms with Crippen LogP contribution < -0.4 is 20.9 Å². The minimum absolute atomic E-state index is 0.109. The fourth-order valence-electron chi connectivity index (χ4n) is 2.92. The van der Waals surface area contributed by atoms with Gasteiger partial charge >= 0.3 is 12.1 Å². The molecule has 1 aromatic heterocycles. The van der Waals surface area contributed by atoms with Crippen molar-refractivity contribution in [1.82, 2.24) is 20.8 Å². The highest BCUT2D eigenvalue weighted by molar-refractivity contribution is 5.95. The third kappa shape index (κ3) is 4.55. The fraction of sp³-hybridized carbons (Fsp3) is 0.333. The first-order chi connectivity index (χ1) is 13.7. The van der Waals surface area contributed by atoms with Crippen LogP contribution in [0.1, 0.15) is 35.2 Å². The molecule has 154 valence electrons. The van der Waals surface area contributed by atoms with Crippen molar-refractivity contribution < 1.29 is 27.5 Å². The Kier molecular flexibility index (Phi) is 5.57. The zero-order valence-electron chi connectivity index (χ0n) is 15.3. The topological polar surface area (TPSA) is 105 Å². The van der Waals surface area contributed by atoms with E-state index in [0.717, 1.165) is 43.0 Å². The van der Waals surface area contributed by atoms with Crippen LogP contribution in [-0.4, -0.2) is 35.1 Å². The second-order valence-corrected chi connectivity index (χ2v) is 6.49. The van der Waals surface area contributed by atoms with Crippen LogP contribution in [0.3, 0.4) is 0 Å². The number of ether oxygens (including phenoxy) is 1. The van der Waals surface area contributed by atoms with Crippen molar-refractivity contribution >= 4 is 17.8 Å². The van der Waals surface area contributed by atoms with Crippen molar-refractivity contribution in [1.29, 1.82) is 0 Å². The van der Waals surface area contributed by atoms with E-state index in [1.807, 2.05) is 24.3 Å². The maximum atomic E-state index is 12.1. The molecular weight excluding hydrogens is 391 g/mol. The van der Waals surface area contributed by atoms with Crippen LogP contribution in [0.4, 0.5) is 19.1 Å². The fourth-order valence-corrected chi connectivity index (χ4v) is 2.92. The monoisotopic (exact) mass is 409 g/mol. The Bertz CT molecular complexity index is 898. The van der Waals surface area contributed by atoms with Crippen LogP contribution in [-0.2, 0) is 10.3 Å². The lowest BCUT2D eigenvalue weighted by Gasteiger charge is -2.43. The number of methoxy groups -OCH3 is 1. The number of alkyl halides is 3. The summed E-state index contributed by atoms with van der Waals surface area (Å²) in [5, 5.41) is 3.27. The van der Waals surface area contributed by atoms with E-state index in [0.29, 0.717) is 0 Å². The number of carbonyl (C=O) groups is 2. The first kappa shape index (κ1) is 20.4. The molecule has 8 nitrogen and oxygen atoms in total. The van der Waals surface area contributed by atoms with Gasteiger partial charge in [0.05, 0.1) is 18.2 Å². The molecule has 3 N–H and O–H groups in total. The summed E-state index contributed by atoms with van der Waals surface area (Å²) in [6, 6.07) is 7.63. The van der Waals surface area contributed by atoms with Gasteiger partial charge < -0.3 is 10.1 Å². The minimum Gasteiger partial charge on any atom is -0.497 e. The van der Waals surface area contributed by atoms with E-state index in [2.05, 4.69) is 15.3 Å². The number of hydrazine groups is 1. The number of carbonyl (C=O) groups excluding carboxylic acids is 2. The molecule has 2 aromatic rings. The Labute approximate surface area is 163 Å². The normalized spacial score (nSPS) is 15.0. The van der Waals surface area contributed by atoms with Gasteiger partial charge in [0.15, 0.2) is 0 Å². The molecule has 0 unspecified atom stereocenters. The number of nitrogens with zero attached hydrogens (tertiary/aromatic N) is 2. The van der Waals surface area contributed by atoms with Crippen molar-refractivity contribution in [3.63, 3.8) is 0 Å². The summed E-state index contributed by atoms with van der Waals surface area (Å²) in [6.45, 7) is 0. The number of hydrogen-bond acceptors (Lipinski definition) is 6. The first-order valence-corrected chi connectivity index (χ1v) is 8.66. The van der Waals surface area contributed by atoms with E-state index < -0.39 is 18.0 Å². The lowest BCUT2D eigenvalue weighted by atomic mass is 9.72. The molecule has 1 fully saturated rings. The molecule has 0 bridgehead atoms. The van der Waals surface area contributed by atoms with Crippen molar-refractivity contribution in [3.8, 4) is 5.75 Å². The molecule has 3 rings (SSSR count).